The van der Waals surface area contributed by atoms with E-state index in [1.54, 1.807) is 6.08 Å². The Kier molecular flexibility index (Phi) is 3.52. The highest BCUT2D eigenvalue weighted by Gasteiger charge is 2.06. The lowest BCUT2D eigenvalue weighted by Crippen LogP contribution is -2.20. The van der Waals surface area contributed by atoms with Crippen LogP contribution in [0.3, 0.4) is 0 Å². The maximum absolute atomic E-state index is 11.6. The first kappa shape index (κ1) is 12.0. The minimum absolute atomic E-state index is 0.0592. The third-order valence-corrected chi connectivity index (χ3v) is 2.35. The number of amides is 1. The third kappa shape index (κ3) is 2.62. The van der Waals surface area contributed by atoms with Gasteiger partial charge in [0, 0.05) is 13.5 Å². The Morgan fingerprint density at radius 2 is 2.39 bits per heavy atom. The summed E-state index contributed by atoms with van der Waals surface area (Å²) in [5.74, 6) is -0.0592. The van der Waals surface area contributed by atoms with Gasteiger partial charge in [-0.3, -0.25) is 14.7 Å². The van der Waals surface area contributed by atoms with E-state index >= 15 is 0 Å². The molecular formula is C11H13N5O2. The molecule has 0 fully saturated rings. The van der Waals surface area contributed by atoms with E-state index in [2.05, 4.69) is 25.5 Å². The van der Waals surface area contributed by atoms with Crippen LogP contribution in [-0.2, 0) is 4.79 Å². The second-order valence-electron chi connectivity index (χ2n) is 3.74. The van der Waals surface area contributed by atoms with Crippen LogP contribution in [0.2, 0.25) is 0 Å². The first-order valence-corrected chi connectivity index (χ1v) is 5.51. The summed E-state index contributed by atoms with van der Waals surface area (Å²) in [6.07, 6.45) is 5.61. The number of rotatable bonds is 4. The van der Waals surface area contributed by atoms with Crippen molar-refractivity contribution in [3.8, 4) is 0 Å². The van der Waals surface area contributed by atoms with E-state index in [0.717, 1.165) is 0 Å². The number of nitrogens with zero attached hydrogens (tertiary/aromatic N) is 2. The zero-order valence-corrected chi connectivity index (χ0v) is 9.86. The number of aromatic nitrogens is 4. The number of nitrogens with one attached hydrogen (secondary N) is 3. The summed E-state index contributed by atoms with van der Waals surface area (Å²) >= 11 is 0. The summed E-state index contributed by atoms with van der Waals surface area (Å²) in [6.45, 7) is 2.03. The first-order chi connectivity index (χ1) is 8.68. The zero-order chi connectivity index (χ0) is 13.0. The molecule has 1 amide bonds. The smallest absolute Gasteiger partial charge is 0.262 e. The molecule has 0 bridgehead atoms. The number of aromatic amines is 2. The number of carbonyl (C=O) groups excluding carboxylic acids is 1. The van der Waals surface area contributed by atoms with Gasteiger partial charge in [0.15, 0.2) is 5.65 Å². The number of H-pyrrole nitrogens is 2. The van der Waals surface area contributed by atoms with Crippen LogP contribution in [0.5, 0.6) is 0 Å². The van der Waals surface area contributed by atoms with Gasteiger partial charge in [-0.05, 0) is 12.5 Å². The monoisotopic (exact) mass is 247 g/mol. The van der Waals surface area contributed by atoms with Gasteiger partial charge in [0.25, 0.3) is 5.56 Å². The molecule has 2 aromatic rings. The summed E-state index contributed by atoms with van der Waals surface area (Å²) in [4.78, 5) is 28.7. The number of hydrogen-bond donors (Lipinski definition) is 3. The molecule has 18 heavy (non-hydrogen) atoms. The minimum atomic E-state index is -0.227. The van der Waals surface area contributed by atoms with Crippen molar-refractivity contribution >= 4 is 23.0 Å². The molecule has 3 N–H and O–H groups in total. The highest BCUT2D eigenvalue weighted by molar-refractivity contribution is 5.82. The quantitative estimate of drug-likeness (QED) is 0.671. The van der Waals surface area contributed by atoms with E-state index in [0.29, 0.717) is 29.7 Å². The van der Waals surface area contributed by atoms with Crippen molar-refractivity contribution in [2.75, 3.05) is 6.54 Å². The molecule has 0 aliphatic heterocycles. The predicted octanol–water partition coefficient (Wildman–Crippen LogP) is 0.186. The van der Waals surface area contributed by atoms with E-state index in [1.807, 2.05) is 6.08 Å². The van der Waals surface area contributed by atoms with Crippen LogP contribution in [0, 0.1) is 0 Å². The molecule has 0 spiro atoms. The lowest BCUT2D eigenvalue weighted by molar-refractivity contribution is -0.118. The predicted molar refractivity (Wildman–Crippen MR) is 66.8 cm³/mol. The van der Waals surface area contributed by atoms with Gasteiger partial charge in [-0.25, -0.2) is 4.98 Å². The molecule has 0 aromatic carbocycles. The summed E-state index contributed by atoms with van der Waals surface area (Å²) < 4.78 is 0. The molecule has 0 aliphatic carbocycles. The molecular weight excluding hydrogens is 234 g/mol. The van der Waals surface area contributed by atoms with Crippen molar-refractivity contribution in [3.63, 3.8) is 0 Å². The maximum Gasteiger partial charge on any atom is 0.262 e. The Morgan fingerprint density at radius 1 is 1.56 bits per heavy atom. The summed E-state index contributed by atoms with van der Waals surface area (Å²) in [7, 11) is 0. The maximum atomic E-state index is 11.6. The van der Waals surface area contributed by atoms with E-state index in [4.69, 9.17) is 0 Å². The molecule has 0 saturated heterocycles. The van der Waals surface area contributed by atoms with Gasteiger partial charge < -0.3 is 10.3 Å². The highest BCUT2D eigenvalue weighted by atomic mass is 16.1. The molecule has 2 aromatic heterocycles. The average molecular weight is 247 g/mol. The molecule has 0 saturated carbocycles. The molecule has 2 rings (SSSR count). The van der Waals surface area contributed by atoms with Crippen LogP contribution in [0.1, 0.15) is 19.0 Å². The summed E-state index contributed by atoms with van der Waals surface area (Å²) in [6, 6.07) is 0. The second-order valence-corrected chi connectivity index (χ2v) is 3.74. The summed E-state index contributed by atoms with van der Waals surface area (Å²) in [5, 5.41) is 9.79. The average Bonchev–Trinajstić information content (AvgIpc) is 2.73. The van der Waals surface area contributed by atoms with E-state index in [1.165, 1.54) is 13.3 Å². The van der Waals surface area contributed by atoms with E-state index in [-0.39, 0.29) is 11.5 Å². The van der Waals surface area contributed by atoms with Gasteiger partial charge in [0.05, 0.1) is 12.0 Å². The van der Waals surface area contributed by atoms with Crippen LogP contribution in [-0.4, -0.2) is 32.6 Å². The molecule has 7 heteroatoms. The topological polar surface area (TPSA) is 104 Å². The molecule has 0 radical (unpaired) electrons. The largest absolute Gasteiger partial charge is 0.356 e. The standard InChI is InChI=1S/C11H13N5O2/c1-7(17)12-5-3-2-4-8-9-10(16-15-8)13-6-14-11(9)18/h2,4,6H,3,5H2,1H3,(H,12,17)(H2,13,14,15,16,18). The fraction of sp³-hybridized carbons (Fsp3) is 0.273. The van der Waals surface area contributed by atoms with Crippen molar-refractivity contribution in [2.45, 2.75) is 13.3 Å². The van der Waals surface area contributed by atoms with Crippen molar-refractivity contribution in [1.82, 2.24) is 25.5 Å². The van der Waals surface area contributed by atoms with Crippen LogP contribution in [0.15, 0.2) is 17.2 Å². The Bertz CT molecular complexity index is 640. The molecule has 94 valence electrons. The Hall–Kier alpha value is -2.44. The molecule has 2 heterocycles. The Labute approximate surface area is 102 Å². The van der Waals surface area contributed by atoms with Crippen LogP contribution < -0.4 is 10.9 Å². The van der Waals surface area contributed by atoms with Crippen LogP contribution in [0.4, 0.5) is 0 Å². The normalized spacial score (nSPS) is 11.2. The van der Waals surface area contributed by atoms with Gasteiger partial charge in [-0.1, -0.05) is 6.08 Å². The lowest BCUT2D eigenvalue weighted by atomic mass is 10.2. The van der Waals surface area contributed by atoms with Gasteiger partial charge in [0.2, 0.25) is 5.91 Å². The highest BCUT2D eigenvalue weighted by Crippen LogP contribution is 2.09. The third-order valence-electron chi connectivity index (χ3n) is 2.35. The second kappa shape index (κ2) is 5.26. The van der Waals surface area contributed by atoms with E-state index < -0.39 is 0 Å². The molecule has 0 aliphatic rings. The van der Waals surface area contributed by atoms with Crippen molar-refractivity contribution < 1.29 is 4.79 Å². The molecule has 0 unspecified atom stereocenters. The lowest BCUT2D eigenvalue weighted by Gasteiger charge is -1.96. The first-order valence-electron chi connectivity index (χ1n) is 5.51. The van der Waals surface area contributed by atoms with Crippen LogP contribution >= 0.6 is 0 Å². The SMILES string of the molecule is CC(=O)NCCC=Cc1[nH]nc2nc[nH]c(=O)c12. The summed E-state index contributed by atoms with van der Waals surface area (Å²) in [5.41, 5.74) is 0.776. The Balaban J connectivity index is 2.10. The van der Waals surface area contributed by atoms with Crippen molar-refractivity contribution in [1.29, 1.82) is 0 Å². The van der Waals surface area contributed by atoms with Gasteiger partial charge in [-0.15, -0.1) is 0 Å². The number of carbonyl (C=O) groups is 1. The minimum Gasteiger partial charge on any atom is -0.356 e. The van der Waals surface area contributed by atoms with Gasteiger partial charge in [0.1, 0.15) is 5.39 Å². The zero-order valence-electron chi connectivity index (χ0n) is 9.86. The van der Waals surface area contributed by atoms with Gasteiger partial charge >= 0.3 is 0 Å². The number of fused-ring (bicyclic) bond motifs is 1. The van der Waals surface area contributed by atoms with Crippen molar-refractivity contribution in [2.24, 2.45) is 0 Å². The van der Waals surface area contributed by atoms with Crippen molar-refractivity contribution in [3.05, 3.63) is 28.5 Å². The fourth-order valence-corrected chi connectivity index (χ4v) is 1.54. The molecule has 0 atom stereocenters. The fourth-order valence-electron chi connectivity index (χ4n) is 1.54. The van der Waals surface area contributed by atoms with E-state index in [9.17, 15) is 9.59 Å². The van der Waals surface area contributed by atoms with Crippen LogP contribution in [0.25, 0.3) is 17.1 Å². The van der Waals surface area contributed by atoms with Gasteiger partial charge in [-0.2, -0.15) is 5.10 Å². The number of hydrogen-bond acceptors (Lipinski definition) is 4. The Morgan fingerprint density at radius 3 is 3.17 bits per heavy atom. The molecule has 7 nitrogen and oxygen atoms in total.